The van der Waals surface area contributed by atoms with Crippen LogP contribution in [-0.4, -0.2) is 7.05 Å². The molecule has 3 nitrogen and oxygen atoms in total. The van der Waals surface area contributed by atoms with Gasteiger partial charge in [-0.05, 0) is 49.0 Å². The van der Waals surface area contributed by atoms with Crippen LogP contribution in [0.25, 0.3) is 0 Å². The van der Waals surface area contributed by atoms with Crippen LogP contribution in [0.5, 0.6) is 0 Å². The SMILES string of the molecule is CNC(c1cc(C)oc1C)c1occc1Br. The molecule has 1 atom stereocenters. The molecule has 2 rings (SSSR count). The summed E-state index contributed by atoms with van der Waals surface area (Å²) in [6.45, 7) is 3.91. The van der Waals surface area contributed by atoms with Gasteiger partial charge in [0.15, 0.2) is 0 Å². The Morgan fingerprint density at radius 3 is 2.56 bits per heavy atom. The number of rotatable bonds is 3. The van der Waals surface area contributed by atoms with Gasteiger partial charge in [0.25, 0.3) is 0 Å². The summed E-state index contributed by atoms with van der Waals surface area (Å²) in [4.78, 5) is 0. The van der Waals surface area contributed by atoms with Gasteiger partial charge in [-0.1, -0.05) is 0 Å². The van der Waals surface area contributed by atoms with Crippen molar-refractivity contribution in [1.29, 1.82) is 0 Å². The Morgan fingerprint density at radius 1 is 1.38 bits per heavy atom. The molecule has 0 aromatic carbocycles. The zero-order valence-corrected chi connectivity index (χ0v) is 11.1. The molecule has 0 amide bonds. The molecule has 0 saturated carbocycles. The van der Waals surface area contributed by atoms with E-state index in [1.807, 2.05) is 33.0 Å². The maximum absolute atomic E-state index is 5.54. The van der Waals surface area contributed by atoms with Crippen molar-refractivity contribution >= 4 is 15.9 Å². The van der Waals surface area contributed by atoms with Gasteiger partial charge in [0.2, 0.25) is 0 Å². The van der Waals surface area contributed by atoms with E-state index in [0.717, 1.165) is 27.3 Å². The van der Waals surface area contributed by atoms with Crippen LogP contribution in [0.15, 0.2) is 31.7 Å². The Bertz CT molecular complexity index is 487. The minimum atomic E-state index is 0.0156. The molecule has 2 heterocycles. The van der Waals surface area contributed by atoms with Crippen LogP contribution in [0, 0.1) is 13.8 Å². The minimum absolute atomic E-state index is 0.0156. The Kier molecular flexibility index (Phi) is 3.21. The van der Waals surface area contributed by atoms with Crippen molar-refractivity contribution < 1.29 is 8.83 Å². The largest absolute Gasteiger partial charge is 0.466 e. The van der Waals surface area contributed by atoms with Gasteiger partial charge < -0.3 is 14.2 Å². The van der Waals surface area contributed by atoms with Crippen molar-refractivity contribution in [3.8, 4) is 0 Å². The zero-order valence-electron chi connectivity index (χ0n) is 9.50. The van der Waals surface area contributed by atoms with E-state index < -0.39 is 0 Å². The normalized spacial score (nSPS) is 13.0. The maximum Gasteiger partial charge on any atom is 0.139 e. The molecule has 0 spiro atoms. The summed E-state index contributed by atoms with van der Waals surface area (Å²) < 4.78 is 12.0. The molecule has 0 fully saturated rings. The summed E-state index contributed by atoms with van der Waals surface area (Å²) in [6.07, 6.45) is 1.67. The molecule has 16 heavy (non-hydrogen) atoms. The molecule has 0 radical (unpaired) electrons. The molecule has 0 aliphatic carbocycles. The van der Waals surface area contributed by atoms with Crippen molar-refractivity contribution in [2.75, 3.05) is 7.05 Å². The fraction of sp³-hybridized carbons (Fsp3) is 0.333. The van der Waals surface area contributed by atoms with Gasteiger partial charge in [-0.15, -0.1) is 0 Å². The van der Waals surface area contributed by atoms with Crippen LogP contribution in [0.2, 0.25) is 0 Å². The first-order valence-electron chi connectivity index (χ1n) is 5.10. The fourth-order valence-corrected chi connectivity index (χ4v) is 2.31. The monoisotopic (exact) mass is 283 g/mol. The van der Waals surface area contributed by atoms with E-state index in [-0.39, 0.29) is 6.04 Å². The van der Waals surface area contributed by atoms with E-state index in [9.17, 15) is 0 Å². The van der Waals surface area contributed by atoms with Gasteiger partial charge >= 0.3 is 0 Å². The summed E-state index contributed by atoms with van der Waals surface area (Å²) in [5.74, 6) is 2.70. The first-order valence-corrected chi connectivity index (χ1v) is 5.90. The lowest BCUT2D eigenvalue weighted by atomic mass is 10.1. The van der Waals surface area contributed by atoms with Crippen LogP contribution < -0.4 is 5.32 Å². The van der Waals surface area contributed by atoms with Crippen molar-refractivity contribution in [2.24, 2.45) is 0 Å². The van der Waals surface area contributed by atoms with Crippen LogP contribution in [0.4, 0.5) is 0 Å². The number of nitrogens with one attached hydrogen (secondary N) is 1. The van der Waals surface area contributed by atoms with Crippen LogP contribution in [0.3, 0.4) is 0 Å². The molecular formula is C12H14BrNO2. The number of hydrogen-bond donors (Lipinski definition) is 1. The molecule has 0 aliphatic rings. The first-order chi connectivity index (χ1) is 7.63. The van der Waals surface area contributed by atoms with Gasteiger partial charge in [0.1, 0.15) is 17.3 Å². The number of halogens is 1. The van der Waals surface area contributed by atoms with E-state index in [1.54, 1.807) is 6.26 Å². The quantitative estimate of drug-likeness (QED) is 0.936. The van der Waals surface area contributed by atoms with E-state index in [4.69, 9.17) is 8.83 Å². The molecule has 1 N–H and O–H groups in total. The summed E-state index contributed by atoms with van der Waals surface area (Å²) in [5, 5.41) is 3.23. The van der Waals surface area contributed by atoms with E-state index >= 15 is 0 Å². The van der Waals surface area contributed by atoms with Crippen LogP contribution in [-0.2, 0) is 0 Å². The Balaban J connectivity index is 2.44. The molecule has 0 bridgehead atoms. The van der Waals surface area contributed by atoms with E-state index in [0.29, 0.717) is 0 Å². The summed E-state index contributed by atoms with van der Waals surface area (Å²) in [7, 11) is 1.90. The fourth-order valence-electron chi connectivity index (χ4n) is 1.88. The van der Waals surface area contributed by atoms with Gasteiger partial charge in [-0.2, -0.15) is 0 Å². The number of furan rings is 2. The van der Waals surface area contributed by atoms with Crippen molar-refractivity contribution in [3.05, 3.63) is 45.7 Å². The molecular weight excluding hydrogens is 270 g/mol. The molecule has 0 saturated heterocycles. The standard InChI is InChI=1S/C12H14BrNO2/c1-7-6-9(8(2)16-7)11(14-3)12-10(13)4-5-15-12/h4-6,11,14H,1-3H3. The zero-order chi connectivity index (χ0) is 11.7. The Labute approximate surface area is 103 Å². The van der Waals surface area contributed by atoms with Gasteiger partial charge in [-0.25, -0.2) is 0 Å². The molecule has 4 heteroatoms. The number of hydrogen-bond acceptors (Lipinski definition) is 3. The van der Waals surface area contributed by atoms with E-state index in [1.165, 1.54) is 0 Å². The molecule has 2 aromatic heterocycles. The first kappa shape index (κ1) is 11.5. The molecule has 1 unspecified atom stereocenters. The smallest absolute Gasteiger partial charge is 0.139 e. The van der Waals surface area contributed by atoms with E-state index in [2.05, 4.69) is 21.2 Å². The lowest BCUT2D eigenvalue weighted by Crippen LogP contribution is -2.17. The second kappa shape index (κ2) is 4.47. The Morgan fingerprint density at radius 2 is 2.12 bits per heavy atom. The van der Waals surface area contributed by atoms with Crippen LogP contribution >= 0.6 is 15.9 Å². The van der Waals surface area contributed by atoms with Crippen molar-refractivity contribution in [2.45, 2.75) is 19.9 Å². The molecule has 0 aliphatic heterocycles. The highest BCUT2D eigenvalue weighted by Crippen LogP contribution is 2.32. The highest BCUT2D eigenvalue weighted by molar-refractivity contribution is 9.10. The molecule has 86 valence electrons. The summed E-state index contributed by atoms with van der Waals surface area (Å²) in [5.41, 5.74) is 1.11. The lowest BCUT2D eigenvalue weighted by Gasteiger charge is -2.13. The predicted octanol–water partition coefficient (Wildman–Crippen LogP) is 3.56. The van der Waals surface area contributed by atoms with Gasteiger partial charge in [0.05, 0.1) is 16.8 Å². The lowest BCUT2D eigenvalue weighted by molar-refractivity contribution is 0.450. The highest BCUT2D eigenvalue weighted by atomic mass is 79.9. The second-order valence-corrected chi connectivity index (χ2v) is 4.58. The average molecular weight is 284 g/mol. The highest BCUT2D eigenvalue weighted by Gasteiger charge is 2.22. The minimum Gasteiger partial charge on any atom is -0.466 e. The summed E-state index contributed by atoms with van der Waals surface area (Å²) in [6, 6.07) is 3.94. The Hall–Kier alpha value is -1.00. The van der Waals surface area contributed by atoms with Gasteiger partial charge in [0, 0.05) is 5.56 Å². The van der Waals surface area contributed by atoms with Crippen LogP contribution in [0.1, 0.15) is 28.9 Å². The molecule has 2 aromatic rings. The third kappa shape index (κ3) is 1.95. The average Bonchev–Trinajstić information content (AvgIpc) is 2.77. The predicted molar refractivity (Wildman–Crippen MR) is 65.5 cm³/mol. The van der Waals surface area contributed by atoms with Crippen molar-refractivity contribution in [1.82, 2.24) is 5.32 Å². The third-order valence-corrected chi connectivity index (χ3v) is 3.24. The third-order valence-electron chi connectivity index (χ3n) is 2.59. The summed E-state index contributed by atoms with van der Waals surface area (Å²) >= 11 is 3.47. The van der Waals surface area contributed by atoms with Gasteiger partial charge in [-0.3, -0.25) is 0 Å². The maximum atomic E-state index is 5.54. The topological polar surface area (TPSA) is 38.3 Å². The second-order valence-electron chi connectivity index (χ2n) is 3.72. The number of aryl methyl sites for hydroxylation is 2. The van der Waals surface area contributed by atoms with Crippen molar-refractivity contribution in [3.63, 3.8) is 0 Å².